The van der Waals surface area contributed by atoms with E-state index in [1.54, 1.807) is 18.6 Å². The number of ether oxygens (including phenoxy) is 1. The summed E-state index contributed by atoms with van der Waals surface area (Å²) < 4.78 is 5.71. The van der Waals surface area contributed by atoms with Gasteiger partial charge >= 0.3 is 6.03 Å². The van der Waals surface area contributed by atoms with Gasteiger partial charge in [0.2, 0.25) is 5.91 Å². The number of hydrogen-bond donors (Lipinski definition) is 2. The van der Waals surface area contributed by atoms with E-state index in [0.717, 1.165) is 18.4 Å². The van der Waals surface area contributed by atoms with E-state index in [1.165, 1.54) is 17.7 Å². The Hall–Kier alpha value is -2.71. The second kappa shape index (κ2) is 11.4. The van der Waals surface area contributed by atoms with Crippen molar-refractivity contribution >= 4 is 23.5 Å². The fraction of sp³-hybridized carbons (Fsp3) is 0.500. The molecule has 4 rings (SSSR count). The second-order valence-electron chi connectivity index (χ2n) is 8.69. The maximum Gasteiger partial charge on any atom is 0.319 e. The van der Waals surface area contributed by atoms with Gasteiger partial charge < -0.3 is 15.4 Å². The molecule has 2 aliphatic rings. The van der Waals surface area contributed by atoms with Crippen LogP contribution in [0.25, 0.3) is 0 Å². The minimum Gasteiger partial charge on any atom is -0.361 e. The molecule has 1 unspecified atom stereocenters. The fourth-order valence-corrected chi connectivity index (χ4v) is 4.77. The summed E-state index contributed by atoms with van der Waals surface area (Å²) in [5, 5.41) is 6.83. The Morgan fingerprint density at radius 3 is 2.88 bits per heavy atom. The summed E-state index contributed by atoms with van der Waals surface area (Å²) in [7, 11) is 0. The molecule has 176 valence electrons. The van der Waals surface area contributed by atoms with Crippen LogP contribution in [0.15, 0.2) is 42.9 Å². The quantitative estimate of drug-likeness (QED) is 0.669. The Labute approximate surface area is 199 Å². The first-order chi connectivity index (χ1) is 16.1. The number of amides is 3. The summed E-state index contributed by atoms with van der Waals surface area (Å²) in [6.45, 7) is 1.05. The number of benzene rings is 1. The maximum absolute atomic E-state index is 13.3. The number of carbonyl (C=O) groups excluding carboxylic acids is 2. The van der Waals surface area contributed by atoms with Crippen LogP contribution in [-0.4, -0.2) is 46.7 Å². The third-order valence-corrected chi connectivity index (χ3v) is 6.60. The third kappa shape index (κ3) is 6.42. The maximum atomic E-state index is 13.3. The van der Waals surface area contributed by atoms with Crippen LogP contribution in [0.5, 0.6) is 0 Å². The molecule has 2 fully saturated rings. The van der Waals surface area contributed by atoms with Gasteiger partial charge in [-0.3, -0.25) is 19.7 Å². The molecule has 2 atom stereocenters. The standard InChI is InChI=1S/C24H30ClN5O3/c25-20-7-3-6-18(12-20)22(17-4-1-2-5-17)29-23(31)19-8-11-33-16-30(24(32)28-13-19)15-21-14-26-9-10-27-21/h3,6-7,9-10,12,14,17,19,22H,1-2,4-5,8,11,13,15-16H2,(H,28,32)(H,29,31)/t19-,22?/m1/s1. The summed E-state index contributed by atoms with van der Waals surface area (Å²) in [6, 6.07) is 7.34. The molecule has 33 heavy (non-hydrogen) atoms. The lowest BCUT2D eigenvalue weighted by Gasteiger charge is -2.28. The van der Waals surface area contributed by atoms with Gasteiger partial charge in [0, 0.05) is 30.6 Å². The van der Waals surface area contributed by atoms with Crippen molar-refractivity contribution in [3.05, 3.63) is 59.1 Å². The van der Waals surface area contributed by atoms with Crippen molar-refractivity contribution in [2.75, 3.05) is 19.9 Å². The predicted octanol–water partition coefficient (Wildman–Crippen LogP) is 3.68. The van der Waals surface area contributed by atoms with Crippen LogP contribution in [0.2, 0.25) is 5.02 Å². The molecule has 0 radical (unpaired) electrons. The van der Waals surface area contributed by atoms with Gasteiger partial charge in [-0.15, -0.1) is 0 Å². The monoisotopic (exact) mass is 471 g/mol. The van der Waals surface area contributed by atoms with Crippen LogP contribution in [0.4, 0.5) is 4.79 Å². The van der Waals surface area contributed by atoms with Crippen molar-refractivity contribution in [2.24, 2.45) is 11.8 Å². The van der Waals surface area contributed by atoms with Crippen molar-refractivity contribution in [3.63, 3.8) is 0 Å². The lowest BCUT2D eigenvalue weighted by molar-refractivity contribution is -0.126. The molecule has 2 aromatic rings. The smallest absolute Gasteiger partial charge is 0.319 e. The third-order valence-electron chi connectivity index (χ3n) is 6.36. The van der Waals surface area contributed by atoms with Crippen LogP contribution in [-0.2, 0) is 16.1 Å². The second-order valence-corrected chi connectivity index (χ2v) is 9.13. The van der Waals surface area contributed by atoms with Crippen LogP contribution in [0, 0.1) is 11.8 Å². The summed E-state index contributed by atoms with van der Waals surface area (Å²) in [5.74, 6) is -0.0660. The number of halogens is 1. The first kappa shape index (κ1) is 23.4. The average molecular weight is 472 g/mol. The van der Waals surface area contributed by atoms with Crippen molar-refractivity contribution in [2.45, 2.75) is 44.7 Å². The SMILES string of the molecule is O=C(NC(c1cccc(Cl)c1)C1CCCC1)[C@@H]1CCOCN(Cc2cnccn2)C(=O)NC1. The Kier molecular flexibility index (Phi) is 8.12. The molecular weight excluding hydrogens is 442 g/mol. The number of rotatable bonds is 6. The molecule has 1 aromatic heterocycles. The molecule has 1 aromatic carbocycles. The largest absolute Gasteiger partial charge is 0.361 e. The normalized spacial score (nSPS) is 20.9. The lowest BCUT2D eigenvalue weighted by Crippen LogP contribution is -2.45. The van der Waals surface area contributed by atoms with Gasteiger partial charge in [-0.1, -0.05) is 36.6 Å². The van der Waals surface area contributed by atoms with Gasteiger partial charge in [0.15, 0.2) is 0 Å². The lowest BCUT2D eigenvalue weighted by atomic mass is 9.90. The molecule has 1 aliphatic carbocycles. The van der Waals surface area contributed by atoms with Crippen LogP contribution < -0.4 is 10.6 Å². The van der Waals surface area contributed by atoms with Crippen molar-refractivity contribution in [1.29, 1.82) is 0 Å². The number of urea groups is 1. The molecular formula is C24H30ClN5O3. The van der Waals surface area contributed by atoms with Crippen molar-refractivity contribution in [1.82, 2.24) is 25.5 Å². The van der Waals surface area contributed by atoms with Gasteiger partial charge in [0.25, 0.3) is 0 Å². The molecule has 1 saturated carbocycles. The van der Waals surface area contributed by atoms with Crippen molar-refractivity contribution in [3.8, 4) is 0 Å². The summed E-state index contributed by atoms with van der Waals surface area (Å²) in [5.41, 5.74) is 1.70. The van der Waals surface area contributed by atoms with E-state index in [0.29, 0.717) is 29.7 Å². The molecule has 0 bridgehead atoms. The Bertz CT molecular complexity index is 939. The zero-order valence-electron chi connectivity index (χ0n) is 18.6. The van der Waals surface area contributed by atoms with E-state index >= 15 is 0 Å². The highest BCUT2D eigenvalue weighted by molar-refractivity contribution is 6.30. The molecule has 9 heteroatoms. The molecule has 1 aliphatic heterocycles. The first-order valence-electron chi connectivity index (χ1n) is 11.5. The zero-order chi connectivity index (χ0) is 23.0. The van der Waals surface area contributed by atoms with Gasteiger partial charge in [-0.05, 0) is 42.9 Å². The van der Waals surface area contributed by atoms with Crippen LogP contribution in [0.3, 0.4) is 0 Å². The Morgan fingerprint density at radius 1 is 1.27 bits per heavy atom. The van der Waals surface area contributed by atoms with Gasteiger partial charge in [0.05, 0.1) is 30.4 Å². The predicted molar refractivity (Wildman–Crippen MR) is 124 cm³/mol. The first-order valence-corrected chi connectivity index (χ1v) is 11.9. The Balaban J connectivity index is 1.41. The average Bonchev–Trinajstić information content (AvgIpc) is 3.37. The van der Waals surface area contributed by atoms with E-state index in [-0.39, 0.29) is 43.7 Å². The number of aromatic nitrogens is 2. The molecule has 2 N–H and O–H groups in total. The summed E-state index contributed by atoms with van der Waals surface area (Å²) >= 11 is 6.24. The number of nitrogens with one attached hydrogen (secondary N) is 2. The van der Waals surface area contributed by atoms with Crippen LogP contribution in [0.1, 0.15) is 49.4 Å². The van der Waals surface area contributed by atoms with E-state index in [9.17, 15) is 9.59 Å². The minimum atomic E-state index is -0.381. The minimum absolute atomic E-state index is 0.0712. The van der Waals surface area contributed by atoms with Gasteiger partial charge in [-0.2, -0.15) is 0 Å². The van der Waals surface area contributed by atoms with E-state index in [1.807, 2.05) is 24.3 Å². The van der Waals surface area contributed by atoms with Gasteiger partial charge in [-0.25, -0.2) is 4.79 Å². The topological polar surface area (TPSA) is 96.4 Å². The Morgan fingerprint density at radius 2 is 2.12 bits per heavy atom. The van der Waals surface area contributed by atoms with E-state index in [2.05, 4.69) is 20.6 Å². The molecule has 3 amide bonds. The number of hydrogen-bond acceptors (Lipinski definition) is 5. The molecule has 0 spiro atoms. The zero-order valence-corrected chi connectivity index (χ0v) is 19.3. The summed E-state index contributed by atoms with van der Waals surface area (Å²) in [6.07, 6.45) is 9.83. The highest BCUT2D eigenvalue weighted by Crippen LogP contribution is 2.36. The van der Waals surface area contributed by atoms with Gasteiger partial charge in [0.1, 0.15) is 6.73 Å². The van der Waals surface area contributed by atoms with E-state index in [4.69, 9.17) is 16.3 Å². The number of nitrogens with zero attached hydrogens (tertiary/aromatic N) is 3. The number of carbonyl (C=O) groups is 2. The molecule has 1 saturated heterocycles. The highest BCUT2D eigenvalue weighted by Gasteiger charge is 2.31. The van der Waals surface area contributed by atoms with Crippen LogP contribution >= 0.6 is 11.6 Å². The molecule has 8 nitrogen and oxygen atoms in total. The fourth-order valence-electron chi connectivity index (χ4n) is 4.57. The van der Waals surface area contributed by atoms with Crippen molar-refractivity contribution < 1.29 is 14.3 Å². The van der Waals surface area contributed by atoms with E-state index < -0.39 is 0 Å². The molecule has 2 heterocycles. The highest BCUT2D eigenvalue weighted by atomic mass is 35.5. The summed E-state index contributed by atoms with van der Waals surface area (Å²) in [4.78, 5) is 35.8.